The van der Waals surface area contributed by atoms with E-state index in [2.05, 4.69) is 4.90 Å². The lowest BCUT2D eigenvalue weighted by Gasteiger charge is -2.29. The summed E-state index contributed by atoms with van der Waals surface area (Å²) in [6.45, 7) is 2.62. The Balaban J connectivity index is 0.00000147. The Kier molecular flexibility index (Phi) is 5.30. The zero-order valence-electron chi connectivity index (χ0n) is 11.4. The zero-order chi connectivity index (χ0) is 13.4. The SMILES string of the molecule is Cl.NC1CCCC2CN(Cc3c(F)cccc3Cl)CC12. The number of benzene rings is 1. The second-order valence-corrected chi connectivity index (χ2v) is 6.32. The largest absolute Gasteiger partial charge is 0.327 e. The van der Waals surface area contributed by atoms with Crippen molar-refractivity contribution in [2.24, 2.45) is 17.6 Å². The van der Waals surface area contributed by atoms with Crippen molar-refractivity contribution in [2.75, 3.05) is 13.1 Å². The smallest absolute Gasteiger partial charge is 0.129 e. The zero-order valence-corrected chi connectivity index (χ0v) is 13.0. The van der Waals surface area contributed by atoms with E-state index in [1.54, 1.807) is 12.1 Å². The molecule has 0 aromatic heterocycles. The third-order valence-corrected chi connectivity index (χ3v) is 5.03. The third kappa shape index (κ3) is 3.11. The Morgan fingerprint density at radius 3 is 2.80 bits per heavy atom. The van der Waals surface area contributed by atoms with Crippen LogP contribution in [0, 0.1) is 17.7 Å². The lowest BCUT2D eigenvalue weighted by Crippen LogP contribution is -2.38. The van der Waals surface area contributed by atoms with Gasteiger partial charge >= 0.3 is 0 Å². The molecular weight excluding hydrogens is 298 g/mol. The summed E-state index contributed by atoms with van der Waals surface area (Å²) < 4.78 is 13.8. The van der Waals surface area contributed by atoms with Gasteiger partial charge in [-0.1, -0.05) is 24.1 Å². The van der Waals surface area contributed by atoms with Crippen molar-refractivity contribution in [3.8, 4) is 0 Å². The fraction of sp³-hybridized carbons (Fsp3) is 0.600. The van der Waals surface area contributed by atoms with Crippen LogP contribution < -0.4 is 5.73 Å². The molecule has 0 spiro atoms. The summed E-state index contributed by atoms with van der Waals surface area (Å²) in [6, 6.07) is 5.21. The first kappa shape index (κ1) is 16.0. The van der Waals surface area contributed by atoms with Gasteiger partial charge in [-0.15, -0.1) is 12.4 Å². The maximum Gasteiger partial charge on any atom is 0.129 e. The second-order valence-electron chi connectivity index (χ2n) is 5.91. The molecule has 20 heavy (non-hydrogen) atoms. The van der Waals surface area contributed by atoms with Gasteiger partial charge in [-0.05, 0) is 36.8 Å². The second kappa shape index (κ2) is 6.61. The van der Waals surface area contributed by atoms with Gasteiger partial charge in [0.25, 0.3) is 0 Å². The summed E-state index contributed by atoms with van der Waals surface area (Å²) in [5.74, 6) is 1.07. The molecule has 1 aromatic carbocycles. The Hall–Kier alpha value is -0.350. The topological polar surface area (TPSA) is 29.3 Å². The highest BCUT2D eigenvalue weighted by molar-refractivity contribution is 6.31. The van der Waals surface area contributed by atoms with Gasteiger partial charge in [-0.25, -0.2) is 4.39 Å². The van der Waals surface area contributed by atoms with Gasteiger partial charge in [0.1, 0.15) is 5.82 Å². The van der Waals surface area contributed by atoms with Crippen LogP contribution in [0.5, 0.6) is 0 Å². The number of hydrogen-bond acceptors (Lipinski definition) is 2. The lowest BCUT2D eigenvalue weighted by molar-refractivity contribution is 0.259. The van der Waals surface area contributed by atoms with Gasteiger partial charge in [0.15, 0.2) is 0 Å². The number of rotatable bonds is 2. The first-order chi connectivity index (χ1) is 9.15. The van der Waals surface area contributed by atoms with Crippen LogP contribution in [-0.2, 0) is 6.54 Å². The number of nitrogens with two attached hydrogens (primary N) is 1. The van der Waals surface area contributed by atoms with E-state index in [0.29, 0.717) is 35.0 Å². The molecule has 2 aliphatic rings. The van der Waals surface area contributed by atoms with Crippen molar-refractivity contribution >= 4 is 24.0 Å². The predicted octanol–water partition coefficient (Wildman–Crippen LogP) is 3.46. The molecule has 1 saturated carbocycles. The molecule has 5 heteroatoms. The minimum Gasteiger partial charge on any atom is -0.327 e. The van der Waals surface area contributed by atoms with E-state index in [9.17, 15) is 4.39 Å². The van der Waals surface area contributed by atoms with Crippen molar-refractivity contribution in [2.45, 2.75) is 31.8 Å². The first-order valence-electron chi connectivity index (χ1n) is 7.06. The molecular formula is C15H21Cl2FN2. The average molecular weight is 319 g/mol. The molecule has 2 nitrogen and oxygen atoms in total. The Labute approximate surface area is 130 Å². The molecule has 1 heterocycles. The molecule has 0 amide bonds. The van der Waals surface area contributed by atoms with Gasteiger partial charge in [0.2, 0.25) is 0 Å². The average Bonchev–Trinajstić information content (AvgIpc) is 2.78. The van der Waals surface area contributed by atoms with Gasteiger partial charge in [-0.3, -0.25) is 4.90 Å². The fourth-order valence-corrected chi connectivity index (χ4v) is 3.87. The molecule has 2 fully saturated rings. The number of nitrogens with zero attached hydrogens (tertiary/aromatic N) is 1. The van der Waals surface area contributed by atoms with Crippen molar-refractivity contribution in [1.82, 2.24) is 4.90 Å². The van der Waals surface area contributed by atoms with Crippen molar-refractivity contribution in [3.63, 3.8) is 0 Å². The van der Waals surface area contributed by atoms with E-state index < -0.39 is 0 Å². The molecule has 1 saturated heterocycles. The minimum absolute atomic E-state index is 0. The van der Waals surface area contributed by atoms with Crippen LogP contribution in [0.2, 0.25) is 5.02 Å². The van der Waals surface area contributed by atoms with Gasteiger partial charge in [0.05, 0.1) is 0 Å². The first-order valence-corrected chi connectivity index (χ1v) is 7.44. The molecule has 2 N–H and O–H groups in total. The molecule has 1 aromatic rings. The molecule has 3 unspecified atom stereocenters. The van der Waals surface area contributed by atoms with E-state index in [0.717, 1.165) is 19.5 Å². The molecule has 112 valence electrons. The maximum atomic E-state index is 13.8. The highest BCUT2D eigenvalue weighted by Crippen LogP contribution is 2.36. The van der Waals surface area contributed by atoms with E-state index in [1.807, 2.05) is 0 Å². The summed E-state index contributed by atoms with van der Waals surface area (Å²) >= 11 is 6.10. The number of fused-ring (bicyclic) bond motifs is 1. The van der Waals surface area contributed by atoms with Crippen molar-refractivity contribution < 1.29 is 4.39 Å². The Morgan fingerprint density at radius 1 is 1.30 bits per heavy atom. The van der Waals surface area contributed by atoms with Crippen LogP contribution in [0.15, 0.2) is 18.2 Å². The third-order valence-electron chi connectivity index (χ3n) is 4.67. The Bertz CT molecular complexity index is 449. The van der Waals surface area contributed by atoms with Crippen LogP contribution in [0.4, 0.5) is 4.39 Å². The van der Waals surface area contributed by atoms with E-state index in [-0.39, 0.29) is 18.2 Å². The van der Waals surface area contributed by atoms with Crippen LogP contribution in [0.25, 0.3) is 0 Å². The fourth-order valence-electron chi connectivity index (χ4n) is 3.65. The summed E-state index contributed by atoms with van der Waals surface area (Å²) in [6.07, 6.45) is 3.63. The summed E-state index contributed by atoms with van der Waals surface area (Å²) in [5.41, 5.74) is 6.83. The van der Waals surface area contributed by atoms with Gasteiger partial charge in [-0.2, -0.15) is 0 Å². The number of likely N-dealkylation sites (tertiary alicyclic amines) is 1. The lowest BCUT2D eigenvalue weighted by atomic mass is 9.78. The van der Waals surface area contributed by atoms with Crippen LogP contribution in [0.1, 0.15) is 24.8 Å². The quantitative estimate of drug-likeness (QED) is 0.904. The Morgan fingerprint density at radius 2 is 2.10 bits per heavy atom. The van der Waals surface area contributed by atoms with Crippen molar-refractivity contribution in [3.05, 3.63) is 34.6 Å². The standard InChI is InChI=1S/C15H20ClFN2.ClH/c16-13-4-2-5-14(17)12(13)9-19-7-10-3-1-6-15(18)11(10)8-19;/h2,4-5,10-11,15H,1,3,6-9,18H2;1H. The number of halogens is 3. The predicted molar refractivity (Wildman–Crippen MR) is 82.7 cm³/mol. The molecule has 0 bridgehead atoms. The van der Waals surface area contributed by atoms with Crippen LogP contribution in [0.3, 0.4) is 0 Å². The van der Waals surface area contributed by atoms with E-state index in [4.69, 9.17) is 17.3 Å². The summed E-state index contributed by atoms with van der Waals surface area (Å²) in [4.78, 5) is 2.31. The normalized spacial score (nSPS) is 29.9. The van der Waals surface area contributed by atoms with Gasteiger partial charge < -0.3 is 5.73 Å². The van der Waals surface area contributed by atoms with E-state index >= 15 is 0 Å². The van der Waals surface area contributed by atoms with Crippen LogP contribution in [-0.4, -0.2) is 24.0 Å². The van der Waals surface area contributed by atoms with E-state index in [1.165, 1.54) is 18.9 Å². The number of hydrogen-bond donors (Lipinski definition) is 1. The summed E-state index contributed by atoms with van der Waals surface area (Å²) in [7, 11) is 0. The highest BCUT2D eigenvalue weighted by Gasteiger charge is 2.38. The summed E-state index contributed by atoms with van der Waals surface area (Å²) in [5, 5.41) is 0.527. The maximum absolute atomic E-state index is 13.8. The monoisotopic (exact) mass is 318 g/mol. The minimum atomic E-state index is -0.202. The molecule has 0 radical (unpaired) electrons. The molecule has 1 aliphatic carbocycles. The van der Waals surface area contributed by atoms with Crippen molar-refractivity contribution in [1.29, 1.82) is 0 Å². The van der Waals surface area contributed by atoms with Crippen LogP contribution >= 0.6 is 24.0 Å². The molecule has 3 rings (SSSR count). The molecule has 1 aliphatic heterocycles. The highest BCUT2D eigenvalue weighted by atomic mass is 35.5. The molecule has 3 atom stereocenters. The van der Waals surface area contributed by atoms with Gasteiger partial charge in [0, 0.05) is 36.3 Å².